The van der Waals surface area contributed by atoms with E-state index in [1.807, 2.05) is 69.2 Å². The fourth-order valence-electron chi connectivity index (χ4n) is 8.33. The topological polar surface area (TPSA) is 124 Å². The van der Waals surface area contributed by atoms with Crippen LogP contribution in [0.1, 0.15) is 70.3 Å². The van der Waals surface area contributed by atoms with Gasteiger partial charge in [0, 0.05) is 54.5 Å². The van der Waals surface area contributed by atoms with Gasteiger partial charge >= 0.3 is 0 Å². The number of hydrogen-bond acceptors (Lipinski definition) is 8. The Kier molecular flexibility index (Phi) is 10.3. The lowest BCUT2D eigenvalue weighted by molar-refractivity contribution is -0.183. The first-order chi connectivity index (χ1) is 22.2. The number of fused-ring (bicyclic) bond motifs is 2. The number of carbonyl (C=O) groups excluding carboxylic acids is 2. The van der Waals surface area contributed by atoms with Crippen LogP contribution in [0.5, 0.6) is 5.75 Å². The Labute approximate surface area is 279 Å². The van der Waals surface area contributed by atoms with Gasteiger partial charge in [0.25, 0.3) is 5.91 Å². The molecule has 10 heteroatoms. The zero-order chi connectivity index (χ0) is 34.4. The van der Waals surface area contributed by atoms with E-state index in [9.17, 15) is 19.8 Å². The Morgan fingerprint density at radius 1 is 1.15 bits per heavy atom. The molecule has 0 spiro atoms. The van der Waals surface area contributed by atoms with Crippen LogP contribution in [0.25, 0.3) is 11.1 Å². The summed E-state index contributed by atoms with van der Waals surface area (Å²) in [7, 11) is 5.47. The number of benzene rings is 2. The molecule has 2 bridgehead atoms. The molecule has 0 unspecified atom stereocenters. The normalized spacial score (nSPS) is 28.8. The van der Waals surface area contributed by atoms with E-state index in [0.717, 1.165) is 28.8 Å². The van der Waals surface area contributed by atoms with Crippen molar-refractivity contribution in [1.29, 1.82) is 0 Å². The highest BCUT2D eigenvalue weighted by atomic mass is 16.7. The van der Waals surface area contributed by atoms with E-state index in [2.05, 4.69) is 31.4 Å². The third-order valence-electron chi connectivity index (χ3n) is 11.1. The van der Waals surface area contributed by atoms with Crippen molar-refractivity contribution in [2.24, 2.45) is 29.1 Å². The van der Waals surface area contributed by atoms with Crippen molar-refractivity contribution in [1.82, 2.24) is 15.7 Å². The van der Waals surface area contributed by atoms with Gasteiger partial charge in [0.05, 0.1) is 26.4 Å². The van der Waals surface area contributed by atoms with Gasteiger partial charge in [-0.2, -0.15) is 5.06 Å². The summed E-state index contributed by atoms with van der Waals surface area (Å²) in [5.74, 6) is 1.09. The fourth-order valence-corrected chi connectivity index (χ4v) is 8.33. The van der Waals surface area contributed by atoms with Gasteiger partial charge in [-0.3, -0.25) is 14.4 Å². The van der Waals surface area contributed by atoms with Crippen molar-refractivity contribution in [2.45, 2.75) is 91.3 Å². The number of nitrogens with one attached hydrogen (secondary N) is 2. The van der Waals surface area contributed by atoms with E-state index >= 15 is 0 Å². The minimum Gasteiger partial charge on any atom is -0.496 e. The first-order valence-electron chi connectivity index (χ1n) is 17.0. The molecule has 2 amide bonds. The van der Waals surface area contributed by atoms with E-state index in [1.165, 1.54) is 6.42 Å². The van der Waals surface area contributed by atoms with Crippen molar-refractivity contribution < 1.29 is 29.4 Å². The Balaban J connectivity index is 1.46. The molecule has 2 aromatic carbocycles. The molecule has 3 aliphatic carbocycles. The molecular weight excluding hydrogens is 596 g/mol. The molecule has 1 heterocycles. The molecule has 6 rings (SSSR count). The SMILES string of the molecule is COc1c(CN2O[C@@H](CO)[C@@H]([C@H](C)O)[C@H]2C(=O)N[C@H]2C[C@@H]3C[C@@H]([C@@H]2C)C3(C)C)cccc1-c1cc(C(=O)NC(C)C)cc(N(C)C)c1. The Morgan fingerprint density at radius 3 is 2.45 bits per heavy atom. The van der Waals surface area contributed by atoms with Gasteiger partial charge in [-0.05, 0) is 80.5 Å². The highest BCUT2D eigenvalue weighted by Gasteiger charge is 2.57. The number of carbonyl (C=O) groups is 2. The van der Waals surface area contributed by atoms with Crippen molar-refractivity contribution in [3.8, 4) is 16.9 Å². The number of hydroxylamine groups is 2. The summed E-state index contributed by atoms with van der Waals surface area (Å²) >= 11 is 0. The number of methoxy groups -OCH3 is 1. The molecule has 0 radical (unpaired) electrons. The summed E-state index contributed by atoms with van der Waals surface area (Å²) in [4.78, 5) is 35.4. The third kappa shape index (κ3) is 6.75. The van der Waals surface area contributed by atoms with Gasteiger partial charge in [-0.15, -0.1) is 0 Å². The number of hydrogen-bond donors (Lipinski definition) is 4. The van der Waals surface area contributed by atoms with Crippen LogP contribution in [0.2, 0.25) is 0 Å². The molecule has 258 valence electrons. The standard InChI is InChI=1S/C37H54N4O6/c1-20(2)38-35(44)25-13-24(14-27(15-25)40(7)8)28-12-10-11-23(34(28)46-9)18-41-33(32(22(4)43)31(19-42)47-41)36(45)39-30-17-26-16-29(21(30)3)37(26,5)6/h10-15,20-22,26,29-33,42-43H,16-19H2,1-9H3,(H,38,44)(H,39,45)/t21-,22-,26-,29-,30-,31-,32+,33-/m0/s1. The smallest absolute Gasteiger partial charge is 0.251 e. The molecule has 1 aliphatic heterocycles. The van der Waals surface area contributed by atoms with Crippen LogP contribution in [0.3, 0.4) is 0 Å². The van der Waals surface area contributed by atoms with E-state index in [-0.39, 0.29) is 37.0 Å². The minimum absolute atomic E-state index is 0.00972. The fraction of sp³-hybridized carbons (Fsp3) is 0.622. The molecule has 47 heavy (non-hydrogen) atoms. The molecule has 4 aliphatic rings. The Hall–Kier alpha value is -3.18. The van der Waals surface area contributed by atoms with Crippen LogP contribution in [0.15, 0.2) is 36.4 Å². The molecule has 0 aromatic heterocycles. The zero-order valence-electron chi connectivity index (χ0n) is 29.4. The quantitative estimate of drug-likeness (QED) is 0.285. The Morgan fingerprint density at radius 2 is 1.87 bits per heavy atom. The molecular formula is C37H54N4O6. The highest BCUT2D eigenvalue weighted by molar-refractivity contribution is 5.97. The highest BCUT2D eigenvalue weighted by Crippen LogP contribution is 2.61. The van der Waals surface area contributed by atoms with Crippen molar-refractivity contribution >= 4 is 17.5 Å². The summed E-state index contributed by atoms with van der Waals surface area (Å²) in [6.07, 6.45) is 0.516. The van der Waals surface area contributed by atoms with Crippen LogP contribution in [0, 0.1) is 29.1 Å². The largest absolute Gasteiger partial charge is 0.496 e. The van der Waals surface area contributed by atoms with Crippen LogP contribution in [-0.2, 0) is 16.2 Å². The summed E-state index contributed by atoms with van der Waals surface area (Å²) in [6, 6.07) is 10.7. The number of nitrogens with zero attached hydrogens (tertiary/aromatic N) is 2. The molecule has 2 aromatic rings. The maximum Gasteiger partial charge on any atom is 0.251 e. The molecule has 1 saturated heterocycles. The van der Waals surface area contributed by atoms with Gasteiger partial charge in [-0.1, -0.05) is 39.0 Å². The maximum absolute atomic E-state index is 14.1. The number of ether oxygens (including phenoxy) is 1. The second kappa shape index (κ2) is 13.7. The van der Waals surface area contributed by atoms with Crippen LogP contribution in [-0.4, -0.2) is 85.2 Å². The van der Waals surface area contributed by atoms with Crippen LogP contribution in [0.4, 0.5) is 5.69 Å². The summed E-state index contributed by atoms with van der Waals surface area (Å²) in [6.45, 7) is 12.3. The molecule has 4 fully saturated rings. The van der Waals surface area contributed by atoms with E-state index < -0.39 is 24.2 Å². The van der Waals surface area contributed by atoms with Crippen molar-refractivity contribution in [3.05, 3.63) is 47.5 Å². The molecule has 8 atom stereocenters. The number of para-hydroxylation sites is 1. The number of anilines is 1. The van der Waals surface area contributed by atoms with Crippen molar-refractivity contribution in [2.75, 3.05) is 32.7 Å². The van der Waals surface area contributed by atoms with Crippen LogP contribution < -0.4 is 20.3 Å². The Bertz CT molecular complexity index is 1460. The summed E-state index contributed by atoms with van der Waals surface area (Å²) < 4.78 is 6.01. The lowest BCUT2D eigenvalue weighted by Crippen LogP contribution is -2.62. The third-order valence-corrected chi connectivity index (χ3v) is 11.1. The van der Waals surface area contributed by atoms with Crippen molar-refractivity contribution in [3.63, 3.8) is 0 Å². The summed E-state index contributed by atoms with van der Waals surface area (Å²) in [5.41, 5.74) is 4.06. The zero-order valence-corrected chi connectivity index (χ0v) is 29.4. The number of amides is 2. The van der Waals surface area contributed by atoms with Crippen LogP contribution >= 0.6 is 0 Å². The molecule has 4 N–H and O–H groups in total. The first-order valence-corrected chi connectivity index (χ1v) is 17.0. The maximum atomic E-state index is 14.1. The average Bonchev–Trinajstić information content (AvgIpc) is 3.39. The lowest BCUT2D eigenvalue weighted by Gasteiger charge is -2.62. The van der Waals surface area contributed by atoms with E-state index in [0.29, 0.717) is 34.5 Å². The van der Waals surface area contributed by atoms with Gasteiger partial charge in [-0.25, -0.2) is 0 Å². The number of rotatable bonds is 11. The van der Waals surface area contributed by atoms with Gasteiger partial charge in [0.2, 0.25) is 5.91 Å². The monoisotopic (exact) mass is 650 g/mol. The second-order valence-electron chi connectivity index (χ2n) is 15.0. The van der Waals surface area contributed by atoms with Gasteiger partial charge in [0.15, 0.2) is 0 Å². The lowest BCUT2D eigenvalue weighted by atomic mass is 9.45. The first kappa shape index (κ1) is 35.1. The van der Waals surface area contributed by atoms with E-state index in [4.69, 9.17) is 9.57 Å². The average molecular weight is 651 g/mol. The van der Waals surface area contributed by atoms with E-state index in [1.54, 1.807) is 19.1 Å². The van der Waals surface area contributed by atoms with Gasteiger partial charge in [0.1, 0.15) is 17.9 Å². The molecule has 3 saturated carbocycles. The second-order valence-corrected chi connectivity index (χ2v) is 15.0. The minimum atomic E-state index is -0.888. The predicted molar refractivity (Wildman–Crippen MR) is 183 cm³/mol. The predicted octanol–water partition coefficient (Wildman–Crippen LogP) is 4.23. The van der Waals surface area contributed by atoms with Gasteiger partial charge < -0.3 is 30.5 Å². The molecule has 10 nitrogen and oxygen atoms in total. The number of aliphatic hydroxyl groups is 2. The summed E-state index contributed by atoms with van der Waals surface area (Å²) in [5, 5.41) is 29.0. The number of aliphatic hydroxyl groups excluding tert-OH is 2.